The zero-order valence-corrected chi connectivity index (χ0v) is 31.4. The first kappa shape index (κ1) is 40.2. The molecule has 0 saturated heterocycles. The molecular formula is C38H30F9N7O4S. The number of rotatable bonds is 9. The number of aromatic nitrogens is 5. The first-order valence-electron chi connectivity index (χ1n) is 17.8. The third-order valence-electron chi connectivity index (χ3n) is 10.4. The number of aryl methyl sites for hydroxylation is 1. The van der Waals surface area contributed by atoms with Gasteiger partial charge in [-0.1, -0.05) is 18.1 Å². The molecule has 3 aromatic heterocycles. The van der Waals surface area contributed by atoms with Crippen molar-refractivity contribution in [1.82, 2.24) is 29.9 Å². The van der Waals surface area contributed by atoms with Crippen LogP contribution in [-0.2, 0) is 46.9 Å². The van der Waals surface area contributed by atoms with Crippen molar-refractivity contribution >= 4 is 32.7 Å². The zero-order valence-electron chi connectivity index (χ0n) is 30.6. The van der Waals surface area contributed by atoms with Gasteiger partial charge in [-0.25, -0.2) is 31.0 Å². The largest absolute Gasteiger partial charge is 0.435 e. The number of anilines is 1. The van der Waals surface area contributed by atoms with Crippen LogP contribution in [0.5, 0.6) is 0 Å². The van der Waals surface area contributed by atoms with Gasteiger partial charge in [0.1, 0.15) is 35.2 Å². The first-order chi connectivity index (χ1) is 27.4. The van der Waals surface area contributed by atoms with E-state index in [1.807, 2.05) is 0 Å². The van der Waals surface area contributed by atoms with Gasteiger partial charge >= 0.3 is 6.18 Å². The molecule has 0 aliphatic heterocycles. The summed E-state index contributed by atoms with van der Waals surface area (Å²) >= 11 is 0. The molecule has 11 nitrogen and oxygen atoms in total. The number of benzene rings is 2. The number of nitrogens with one attached hydrogen (secondary N) is 2. The summed E-state index contributed by atoms with van der Waals surface area (Å²) in [6.07, 6.45) is -6.77. The maximum absolute atomic E-state index is 15.4. The molecule has 1 unspecified atom stereocenters. The predicted octanol–water partition coefficient (Wildman–Crippen LogP) is 6.32. The van der Waals surface area contributed by atoms with Crippen LogP contribution < -0.4 is 10.0 Å². The highest BCUT2D eigenvalue weighted by atomic mass is 32.2. The highest BCUT2D eigenvalue weighted by Gasteiger charge is 2.68. The molecule has 3 atom stereocenters. The van der Waals surface area contributed by atoms with E-state index in [0.29, 0.717) is 21.8 Å². The van der Waals surface area contributed by atoms with Crippen LogP contribution in [0, 0.1) is 29.4 Å². The molecule has 0 spiro atoms. The summed E-state index contributed by atoms with van der Waals surface area (Å²) in [5.74, 6) is -7.69. The van der Waals surface area contributed by atoms with Gasteiger partial charge in [-0.3, -0.25) is 18.9 Å². The van der Waals surface area contributed by atoms with Crippen molar-refractivity contribution in [2.45, 2.75) is 67.8 Å². The predicted molar refractivity (Wildman–Crippen MR) is 191 cm³/mol. The Kier molecular flexibility index (Phi) is 9.16. The minimum Gasteiger partial charge on any atom is -0.377 e. The van der Waals surface area contributed by atoms with E-state index in [4.69, 9.17) is 0 Å². The topological polar surface area (TPSA) is 144 Å². The average Bonchev–Trinajstić information content (AvgIpc) is 3.64. The lowest BCUT2D eigenvalue weighted by atomic mass is 9.77. The lowest BCUT2D eigenvalue weighted by molar-refractivity contribution is -0.176. The van der Waals surface area contributed by atoms with E-state index in [9.17, 15) is 49.1 Å². The number of carbonyl (C=O) groups excluding carboxylic acids is 1. The summed E-state index contributed by atoms with van der Waals surface area (Å²) in [7, 11) is -2.34. The van der Waals surface area contributed by atoms with Crippen LogP contribution in [0.2, 0.25) is 0 Å². The number of hydrogen-bond donors (Lipinski definition) is 3. The molecule has 21 heteroatoms. The fourth-order valence-electron chi connectivity index (χ4n) is 8.07. The Bertz CT molecular complexity index is 2730. The van der Waals surface area contributed by atoms with Crippen molar-refractivity contribution < 1.29 is 57.8 Å². The Morgan fingerprint density at radius 3 is 2.37 bits per heavy atom. The highest BCUT2D eigenvalue weighted by molar-refractivity contribution is 7.92. The zero-order chi connectivity index (χ0) is 42.6. The maximum Gasteiger partial charge on any atom is 0.435 e. The molecule has 2 aromatic carbocycles. The summed E-state index contributed by atoms with van der Waals surface area (Å²) in [6.45, 7) is -1.14. The fourth-order valence-corrected chi connectivity index (χ4v) is 8.57. The Labute approximate surface area is 328 Å². The van der Waals surface area contributed by atoms with E-state index in [0.717, 1.165) is 18.4 Å². The monoisotopic (exact) mass is 851 g/mol. The van der Waals surface area contributed by atoms with Crippen molar-refractivity contribution in [2.24, 2.45) is 13.0 Å². The lowest BCUT2D eigenvalue weighted by Crippen LogP contribution is -2.50. The number of alkyl halides is 7. The number of pyridine rings is 1. The van der Waals surface area contributed by atoms with E-state index in [1.54, 1.807) is 12.1 Å². The summed E-state index contributed by atoms with van der Waals surface area (Å²) in [6, 6.07) is 8.41. The Hall–Kier alpha value is -5.62. The van der Waals surface area contributed by atoms with Crippen LogP contribution in [0.1, 0.15) is 65.1 Å². The maximum atomic E-state index is 15.4. The summed E-state index contributed by atoms with van der Waals surface area (Å²) < 4.78 is 158. The van der Waals surface area contributed by atoms with Crippen molar-refractivity contribution in [3.63, 3.8) is 0 Å². The first-order valence-corrected chi connectivity index (χ1v) is 19.7. The van der Waals surface area contributed by atoms with Crippen molar-refractivity contribution in [2.75, 3.05) is 11.0 Å². The van der Waals surface area contributed by atoms with Crippen LogP contribution in [0.3, 0.4) is 0 Å². The number of aliphatic hydroxyl groups is 1. The van der Waals surface area contributed by atoms with Crippen LogP contribution >= 0.6 is 0 Å². The number of para-hydroxylation sites is 1. The van der Waals surface area contributed by atoms with Crippen LogP contribution in [0.15, 0.2) is 48.5 Å². The Balaban J connectivity index is 1.26. The third kappa shape index (κ3) is 7.59. The SMILES string of the molecule is Cn1nc(NS(C)(=O)=O)c2cccc(-c3ccc(C#CC4(O)CC(F)(F)C4)nc3C(Cc3cc(F)cc(F)c3)NC(=O)Cn3nc(C(F)(F)F)c4c3C(F)(F)[C@@H]3C[C@H]43)c21. The normalized spacial score (nSPS) is 20.2. The molecule has 1 amide bonds. The van der Waals surface area contributed by atoms with E-state index >= 15 is 8.78 Å². The molecule has 0 radical (unpaired) electrons. The molecule has 310 valence electrons. The Morgan fingerprint density at radius 2 is 1.73 bits per heavy atom. The average molecular weight is 852 g/mol. The second-order valence-electron chi connectivity index (χ2n) is 15.1. The molecule has 3 heterocycles. The van der Waals surface area contributed by atoms with Crippen molar-refractivity contribution in [1.29, 1.82) is 0 Å². The van der Waals surface area contributed by atoms with E-state index in [1.165, 1.54) is 29.9 Å². The van der Waals surface area contributed by atoms with E-state index in [2.05, 4.69) is 37.1 Å². The van der Waals surface area contributed by atoms with Gasteiger partial charge in [0.25, 0.3) is 11.8 Å². The number of hydrogen-bond acceptors (Lipinski definition) is 7. The van der Waals surface area contributed by atoms with Gasteiger partial charge in [0.2, 0.25) is 15.9 Å². The fraction of sp³-hybridized carbons (Fsp3) is 0.368. The van der Waals surface area contributed by atoms with Gasteiger partial charge in [0.15, 0.2) is 11.5 Å². The number of amides is 1. The number of nitrogens with zero attached hydrogens (tertiary/aromatic N) is 5. The second-order valence-corrected chi connectivity index (χ2v) is 16.9. The molecule has 8 rings (SSSR count). The molecule has 3 aliphatic carbocycles. The molecule has 3 N–H and O–H groups in total. The molecule has 5 aromatic rings. The van der Waals surface area contributed by atoms with Gasteiger partial charge in [0.05, 0.1) is 36.3 Å². The number of sulfonamides is 1. The minimum absolute atomic E-state index is 0.0612. The van der Waals surface area contributed by atoms with Crippen LogP contribution in [-0.4, -0.2) is 61.8 Å². The van der Waals surface area contributed by atoms with Gasteiger partial charge < -0.3 is 10.4 Å². The number of fused-ring (bicyclic) bond motifs is 4. The van der Waals surface area contributed by atoms with Crippen molar-refractivity contribution in [3.05, 3.63) is 94.1 Å². The molecule has 2 fully saturated rings. The number of carbonyl (C=O) groups is 1. The highest BCUT2D eigenvalue weighted by Crippen LogP contribution is 2.68. The third-order valence-corrected chi connectivity index (χ3v) is 11.0. The molecular weight excluding hydrogens is 822 g/mol. The molecule has 0 bridgehead atoms. The van der Waals surface area contributed by atoms with Crippen LogP contribution in [0.25, 0.3) is 22.0 Å². The number of halogens is 9. The van der Waals surface area contributed by atoms with Gasteiger partial charge in [0, 0.05) is 41.1 Å². The quantitative estimate of drug-likeness (QED) is 0.116. The minimum atomic E-state index is -5.12. The van der Waals surface area contributed by atoms with Gasteiger partial charge in [-0.2, -0.15) is 32.1 Å². The second kappa shape index (κ2) is 13.5. The Morgan fingerprint density at radius 1 is 1.03 bits per heavy atom. The van der Waals surface area contributed by atoms with Gasteiger partial charge in [-0.15, -0.1) is 0 Å². The van der Waals surface area contributed by atoms with Crippen LogP contribution in [0.4, 0.5) is 45.3 Å². The molecule has 2 saturated carbocycles. The molecule has 59 heavy (non-hydrogen) atoms. The van der Waals surface area contributed by atoms with Crippen molar-refractivity contribution in [3.8, 4) is 23.0 Å². The van der Waals surface area contributed by atoms with E-state index < -0.39 is 112 Å². The lowest BCUT2D eigenvalue weighted by Gasteiger charge is -2.39. The standard InChI is InChI=1S/C38H30F9N7O4S/c1-53-31-23(4-3-5-24(31)34(51-53)52-59(2,57)58)22-7-6-21(8-9-35(56)16-36(41,42)17-35)48-30(22)27(12-18-10-19(39)13-20(40)11-18)49-28(55)15-54-33-29(32(50-54)38(45,46)47)25-14-26(25)37(33,43)44/h3-7,10-11,13,25-27,56H,12,14-17H2,1-2H3,(H,49,55)(H,51,52)/t25-,26+,27?/m0/s1. The summed E-state index contributed by atoms with van der Waals surface area (Å²) in [5, 5.41) is 21.1. The smallest absolute Gasteiger partial charge is 0.377 e. The van der Waals surface area contributed by atoms with E-state index in [-0.39, 0.29) is 40.1 Å². The van der Waals surface area contributed by atoms with Gasteiger partial charge in [-0.05, 0) is 60.6 Å². The summed E-state index contributed by atoms with van der Waals surface area (Å²) in [5.41, 5.74) is -4.89. The molecule has 3 aliphatic rings. The summed E-state index contributed by atoms with van der Waals surface area (Å²) in [4.78, 5) is 18.5.